The van der Waals surface area contributed by atoms with Crippen molar-refractivity contribution in [2.24, 2.45) is 22.2 Å². The number of halogens is 1. The summed E-state index contributed by atoms with van der Waals surface area (Å²) >= 11 is 3.65. The lowest BCUT2D eigenvalue weighted by atomic mass is 9.50. The number of rotatable bonds is 1. The molecule has 0 heterocycles. The van der Waals surface area contributed by atoms with E-state index in [-0.39, 0.29) is 21.8 Å². The van der Waals surface area contributed by atoms with Crippen LogP contribution in [0.5, 0.6) is 0 Å². The van der Waals surface area contributed by atoms with E-state index >= 15 is 0 Å². The Kier molecular flexibility index (Phi) is 2.07. The van der Waals surface area contributed by atoms with Crippen molar-refractivity contribution in [2.75, 3.05) is 7.11 Å². The molecule has 1 unspecified atom stereocenters. The summed E-state index contributed by atoms with van der Waals surface area (Å²) in [4.78, 5) is -0.0946. The molecule has 0 aromatic heterocycles. The minimum atomic E-state index is -2.10. The molecule has 2 heteroatoms. The fourth-order valence-corrected chi connectivity index (χ4v) is 5.73. The van der Waals surface area contributed by atoms with Gasteiger partial charge >= 0.3 is 0 Å². The molecule has 1 spiro atoms. The van der Waals surface area contributed by atoms with E-state index in [1.165, 1.54) is 0 Å². The molecule has 2 bridgehead atoms. The summed E-state index contributed by atoms with van der Waals surface area (Å²) < 4.78 is 39.4. The summed E-state index contributed by atoms with van der Waals surface area (Å²) in [6, 6.07) is 0. The first-order chi connectivity index (χ1) is 10.0. The second kappa shape index (κ2) is 3.97. The van der Waals surface area contributed by atoms with Gasteiger partial charge in [-0.25, -0.2) is 0 Å². The minimum Gasteiger partial charge on any atom is -0.381 e. The highest BCUT2D eigenvalue weighted by Gasteiger charge is 2.64. The molecule has 0 aliphatic heterocycles. The van der Waals surface area contributed by atoms with E-state index < -0.39 is 18.7 Å². The zero-order valence-corrected chi connectivity index (χ0v) is 13.2. The van der Waals surface area contributed by atoms with Crippen LogP contribution in [0.3, 0.4) is 0 Å². The van der Waals surface area contributed by atoms with E-state index in [1.54, 1.807) is 7.11 Å². The maximum absolute atomic E-state index is 9.08. The van der Waals surface area contributed by atoms with Gasteiger partial charge in [-0.15, -0.1) is 0 Å². The van der Waals surface area contributed by atoms with Crippen LogP contribution in [0.25, 0.3) is 0 Å². The highest BCUT2D eigenvalue weighted by atomic mass is 79.9. The smallest absolute Gasteiger partial charge is 0.0635 e. The summed E-state index contributed by atoms with van der Waals surface area (Å²) in [5, 5.41) is 0. The van der Waals surface area contributed by atoms with Crippen molar-refractivity contribution in [3.8, 4) is 0 Å². The highest BCUT2D eigenvalue weighted by molar-refractivity contribution is 9.09. The Morgan fingerprint density at radius 3 is 2.78 bits per heavy atom. The van der Waals surface area contributed by atoms with E-state index in [4.69, 9.17) is 10.2 Å². The number of fused-ring (bicyclic) bond motifs is 1. The van der Waals surface area contributed by atoms with Crippen LogP contribution >= 0.6 is 15.9 Å². The molecule has 104 valence electrons. The maximum Gasteiger partial charge on any atom is 0.0635 e. The summed E-state index contributed by atoms with van der Waals surface area (Å²) in [6.45, 7) is 2.44. The quantitative estimate of drug-likeness (QED) is 0.632. The van der Waals surface area contributed by atoms with Crippen molar-refractivity contribution in [3.05, 3.63) is 0 Å². The zero-order chi connectivity index (χ0) is 16.6. The van der Waals surface area contributed by atoms with Gasteiger partial charge in [0, 0.05) is 22.8 Å². The highest BCUT2D eigenvalue weighted by Crippen LogP contribution is 2.69. The van der Waals surface area contributed by atoms with E-state index in [1.807, 2.05) is 0 Å². The number of methoxy groups -OCH3 is 1. The SMILES string of the molecule is [2H]C1[C@@]23CC[C@@H](Br)[C@]1(C([2H])([2H])[2H])CC[C@H]2C(C)(C)C[C@@H]3OC. The van der Waals surface area contributed by atoms with Crippen molar-refractivity contribution in [3.63, 3.8) is 0 Å². The lowest BCUT2D eigenvalue weighted by Crippen LogP contribution is -2.53. The Hall–Kier alpha value is 0.440. The fraction of sp³-hybridized carbons (Fsp3) is 1.00. The van der Waals surface area contributed by atoms with Gasteiger partial charge in [0.25, 0.3) is 0 Å². The molecule has 3 saturated carbocycles. The molecule has 0 saturated heterocycles. The van der Waals surface area contributed by atoms with Gasteiger partial charge in [-0.2, -0.15) is 0 Å². The summed E-state index contributed by atoms with van der Waals surface area (Å²) in [7, 11) is 1.73. The van der Waals surface area contributed by atoms with Crippen molar-refractivity contribution in [1.82, 2.24) is 0 Å². The van der Waals surface area contributed by atoms with E-state index in [0.29, 0.717) is 12.3 Å². The Balaban J connectivity index is 2.14. The first-order valence-corrected chi connectivity index (χ1v) is 8.05. The average Bonchev–Trinajstić information content (AvgIpc) is 2.61. The monoisotopic (exact) mass is 318 g/mol. The van der Waals surface area contributed by atoms with Crippen LogP contribution in [0.2, 0.25) is 0 Å². The standard InChI is InChI=1S/C16H27BrO/c1-14(2)9-13(18-4)16-8-6-12(17)15(3,10-16)7-5-11(14)16/h11-13H,5-10H2,1-4H3/t11-,12+,13-,15+,16-/m0/s1/i3D3,10D/t10?,11-,12+,13-,15+,16-. The van der Waals surface area contributed by atoms with E-state index in [9.17, 15) is 0 Å². The van der Waals surface area contributed by atoms with Gasteiger partial charge in [0.2, 0.25) is 0 Å². The molecule has 0 N–H and O–H groups in total. The number of alkyl halides is 1. The van der Waals surface area contributed by atoms with Crippen molar-refractivity contribution >= 4 is 15.9 Å². The molecule has 3 rings (SSSR count). The minimum absolute atomic E-state index is 0.0111. The largest absolute Gasteiger partial charge is 0.381 e. The fourth-order valence-electron chi connectivity index (χ4n) is 5.14. The van der Waals surface area contributed by atoms with E-state index in [2.05, 4.69) is 29.8 Å². The third-order valence-electron chi connectivity index (χ3n) is 5.95. The molecule has 0 aromatic carbocycles. The molecule has 1 nitrogen and oxygen atoms in total. The van der Waals surface area contributed by atoms with Gasteiger partial charge in [0.1, 0.15) is 0 Å². The zero-order valence-electron chi connectivity index (χ0n) is 15.6. The first kappa shape index (κ1) is 9.39. The van der Waals surface area contributed by atoms with Crippen molar-refractivity contribution in [2.45, 2.75) is 70.1 Å². The van der Waals surface area contributed by atoms with Gasteiger partial charge in [0.15, 0.2) is 0 Å². The van der Waals surface area contributed by atoms with Crippen LogP contribution in [0, 0.1) is 22.2 Å². The lowest BCUT2D eigenvalue weighted by molar-refractivity contribution is -0.0998. The number of hydrogen-bond donors (Lipinski definition) is 0. The molecule has 3 aliphatic carbocycles. The van der Waals surface area contributed by atoms with Crippen LogP contribution in [-0.2, 0) is 4.74 Å². The van der Waals surface area contributed by atoms with Crippen LogP contribution in [0.1, 0.15) is 64.7 Å². The maximum atomic E-state index is 9.08. The van der Waals surface area contributed by atoms with Gasteiger partial charge in [-0.3, -0.25) is 0 Å². The predicted molar refractivity (Wildman–Crippen MR) is 79.0 cm³/mol. The second-order valence-corrected chi connectivity index (χ2v) is 8.42. The topological polar surface area (TPSA) is 9.23 Å². The third-order valence-corrected chi connectivity index (χ3v) is 7.23. The number of ether oxygens (including phenoxy) is 1. The van der Waals surface area contributed by atoms with Crippen LogP contribution in [0.15, 0.2) is 0 Å². The van der Waals surface area contributed by atoms with Crippen molar-refractivity contribution in [1.29, 1.82) is 0 Å². The van der Waals surface area contributed by atoms with Crippen molar-refractivity contribution < 1.29 is 10.2 Å². The summed E-state index contributed by atoms with van der Waals surface area (Å²) in [5.74, 6) is 0.392. The summed E-state index contributed by atoms with van der Waals surface area (Å²) in [5.41, 5.74) is -1.10. The Morgan fingerprint density at radius 1 is 1.33 bits per heavy atom. The average molecular weight is 319 g/mol. The van der Waals surface area contributed by atoms with Gasteiger partial charge in [0.05, 0.1) is 6.10 Å². The van der Waals surface area contributed by atoms with Gasteiger partial charge in [-0.1, -0.05) is 36.6 Å². The predicted octanol–water partition coefficient (Wildman–Crippen LogP) is 4.78. The normalized spacial score (nSPS) is 62.2. The Morgan fingerprint density at radius 2 is 2.11 bits per heavy atom. The summed E-state index contributed by atoms with van der Waals surface area (Å²) in [6.07, 6.45) is 3.63. The molecule has 0 radical (unpaired) electrons. The molecule has 6 atom stereocenters. The molecule has 3 aliphatic rings. The lowest BCUT2D eigenvalue weighted by Gasteiger charge is -2.58. The second-order valence-electron chi connectivity index (χ2n) is 7.31. The number of hydrogen-bond acceptors (Lipinski definition) is 1. The Bertz CT molecular complexity index is 466. The third kappa shape index (κ3) is 1.60. The Labute approximate surface area is 126 Å². The molecule has 3 fully saturated rings. The first-order valence-electron chi connectivity index (χ1n) is 9.21. The van der Waals surface area contributed by atoms with Gasteiger partial charge < -0.3 is 4.74 Å². The van der Waals surface area contributed by atoms with E-state index in [0.717, 1.165) is 25.7 Å². The van der Waals surface area contributed by atoms with Crippen LogP contribution in [0.4, 0.5) is 0 Å². The van der Waals surface area contributed by atoms with Gasteiger partial charge in [-0.05, 0) is 55.2 Å². The molecular weight excluding hydrogens is 288 g/mol. The molecule has 18 heavy (non-hydrogen) atoms. The van der Waals surface area contributed by atoms with Crippen LogP contribution < -0.4 is 0 Å². The van der Waals surface area contributed by atoms with Crippen LogP contribution in [-0.4, -0.2) is 18.0 Å². The molecule has 0 amide bonds. The molecule has 0 aromatic rings. The molecular formula is C16H27BrO.